The highest BCUT2D eigenvalue weighted by atomic mass is 16.5. The molecule has 2 aliphatic heterocycles. The van der Waals surface area contributed by atoms with E-state index in [2.05, 4.69) is 10.1 Å². The summed E-state index contributed by atoms with van der Waals surface area (Å²) in [5.74, 6) is 1.71. The fourth-order valence-electron chi connectivity index (χ4n) is 3.04. The average Bonchev–Trinajstić information content (AvgIpc) is 3.12. The Labute approximate surface area is 105 Å². The molecule has 0 aromatic carbocycles. The SMILES string of the molecule is Cn1ccc(-c2noc(C3CC4CCC3O4)n2)c1. The highest BCUT2D eigenvalue weighted by Crippen LogP contribution is 2.44. The molecular weight excluding hydrogens is 230 g/mol. The van der Waals surface area contributed by atoms with Crippen LogP contribution in [0.5, 0.6) is 0 Å². The van der Waals surface area contributed by atoms with Gasteiger partial charge in [-0.2, -0.15) is 4.98 Å². The third-order valence-electron chi connectivity index (χ3n) is 3.96. The van der Waals surface area contributed by atoms with Gasteiger partial charge in [0, 0.05) is 25.0 Å². The Bertz CT molecular complexity index is 574. The zero-order chi connectivity index (χ0) is 12.1. The lowest BCUT2D eigenvalue weighted by Gasteiger charge is -2.13. The predicted octanol–water partition coefficient (Wildman–Crippen LogP) is 2.11. The van der Waals surface area contributed by atoms with Crippen molar-refractivity contribution in [2.75, 3.05) is 0 Å². The van der Waals surface area contributed by atoms with Crippen molar-refractivity contribution in [1.82, 2.24) is 14.7 Å². The third-order valence-corrected chi connectivity index (χ3v) is 3.96. The van der Waals surface area contributed by atoms with Gasteiger partial charge in [0.2, 0.25) is 11.7 Å². The van der Waals surface area contributed by atoms with E-state index in [1.807, 2.05) is 30.1 Å². The highest BCUT2D eigenvalue weighted by molar-refractivity contribution is 5.52. The Hall–Kier alpha value is -1.62. The molecule has 2 aliphatic rings. The second kappa shape index (κ2) is 3.68. The number of hydrogen-bond acceptors (Lipinski definition) is 4. The number of aromatic nitrogens is 3. The molecule has 18 heavy (non-hydrogen) atoms. The Kier molecular flexibility index (Phi) is 2.11. The molecule has 4 rings (SSSR count). The van der Waals surface area contributed by atoms with E-state index in [1.54, 1.807) is 0 Å². The van der Waals surface area contributed by atoms with Crippen molar-refractivity contribution in [3.8, 4) is 11.4 Å². The van der Waals surface area contributed by atoms with Gasteiger partial charge < -0.3 is 13.8 Å². The van der Waals surface area contributed by atoms with Crippen molar-refractivity contribution in [2.45, 2.75) is 37.4 Å². The number of fused-ring (bicyclic) bond motifs is 2. The minimum atomic E-state index is 0.291. The highest BCUT2D eigenvalue weighted by Gasteiger charge is 2.44. The largest absolute Gasteiger partial charge is 0.374 e. The van der Waals surface area contributed by atoms with Gasteiger partial charge in [0.25, 0.3) is 0 Å². The van der Waals surface area contributed by atoms with Crippen molar-refractivity contribution in [3.63, 3.8) is 0 Å². The van der Waals surface area contributed by atoms with Crippen LogP contribution in [0.1, 0.15) is 31.1 Å². The van der Waals surface area contributed by atoms with Crippen molar-refractivity contribution in [1.29, 1.82) is 0 Å². The lowest BCUT2D eigenvalue weighted by atomic mass is 9.89. The number of nitrogens with zero attached hydrogens (tertiary/aromatic N) is 3. The van der Waals surface area contributed by atoms with Crippen molar-refractivity contribution < 1.29 is 9.26 Å². The van der Waals surface area contributed by atoms with Crippen molar-refractivity contribution >= 4 is 0 Å². The molecule has 5 heteroatoms. The van der Waals surface area contributed by atoms with Crippen LogP contribution in [0.4, 0.5) is 0 Å². The molecule has 0 radical (unpaired) electrons. The monoisotopic (exact) mass is 245 g/mol. The summed E-state index contributed by atoms with van der Waals surface area (Å²) in [5, 5.41) is 4.07. The summed E-state index contributed by atoms with van der Waals surface area (Å²) in [5.41, 5.74) is 0.997. The molecule has 3 unspecified atom stereocenters. The van der Waals surface area contributed by atoms with Gasteiger partial charge in [-0.1, -0.05) is 5.16 Å². The quantitative estimate of drug-likeness (QED) is 0.813. The minimum absolute atomic E-state index is 0.291. The Balaban J connectivity index is 1.62. The summed E-state index contributed by atoms with van der Waals surface area (Å²) in [4.78, 5) is 4.52. The zero-order valence-corrected chi connectivity index (χ0v) is 10.2. The van der Waals surface area contributed by atoms with Gasteiger partial charge in [0.05, 0.1) is 18.1 Å². The summed E-state index contributed by atoms with van der Waals surface area (Å²) >= 11 is 0. The summed E-state index contributed by atoms with van der Waals surface area (Å²) in [6.45, 7) is 0. The van der Waals surface area contributed by atoms with Crippen LogP contribution < -0.4 is 0 Å². The maximum Gasteiger partial charge on any atom is 0.232 e. The van der Waals surface area contributed by atoms with E-state index >= 15 is 0 Å². The first kappa shape index (κ1) is 10.3. The Morgan fingerprint density at radius 2 is 2.33 bits per heavy atom. The van der Waals surface area contributed by atoms with E-state index in [0.717, 1.165) is 24.3 Å². The normalized spacial score (nSPS) is 30.2. The molecule has 2 aromatic heterocycles. The van der Waals surface area contributed by atoms with Gasteiger partial charge >= 0.3 is 0 Å². The predicted molar refractivity (Wildman–Crippen MR) is 64.0 cm³/mol. The van der Waals surface area contributed by atoms with Crippen LogP contribution in [0.3, 0.4) is 0 Å². The van der Waals surface area contributed by atoms with E-state index in [1.165, 1.54) is 6.42 Å². The molecule has 0 aliphatic carbocycles. The van der Waals surface area contributed by atoms with Crippen molar-refractivity contribution in [2.24, 2.45) is 7.05 Å². The first-order chi connectivity index (χ1) is 8.79. The fraction of sp³-hybridized carbons (Fsp3) is 0.538. The molecule has 94 valence electrons. The van der Waals surface area contributed by atoms with Crippen LogP contribution in [0, 0.1) is 0 Å². The van der Waals surface area contributed by atoms with Gasteiger partial charge in [0.1, 0.15) is 0 Å². The van der Waals surface area contributed by atoms with E-state index in [9.17, 15) is 0 Å². The topological polar surface area (TPSA) is 53.1 Å². The van der Waals surface area contributed by atoms with Gasteiger partial charge in [-0.25, -0.2) is 0 Å². The smallest absolute Gasteiger partial charge is 0.232 e. The van der Waals surface area contributed by atoms with Crippen LogP contribution in [0.15, 0.2) is 23.0 Å². The minimum Gasteiger partial charge on any atom is -0.374 e. The van der Waals surface area contributed by atoms with Crippen LogP contribution in [-0.4, -0.2) is 26.9 Å². The van der Waals surface area contributed by atoms with Crippen LogP contribution in [0.2, 0.25) is 0 Å². The zero-order valence-electron chi connectivity index (χ0n) is 10.2. The summed E-state index contributed by atoms with van der Waals surface area (Å²) < 4.78 is 13.2. The van der Waals surface area contributed by atoms with Gasteiger partial charge in [-0.3, -0.25) is 0 Å². The third kappa shape index (κ3) is 1.50. The maximum absolute atomic E-state index is 5.83. The molecule has 3 atom stereocenters. The van der Waals surface area contributed by atoms with E-state index < -0.39 is 0 Å². The van der Waals surface area contributed by atoms with Crippen LogP contribution in [0.25, 0.3) is 11.4 Å². The molecule has 2 aromatic rings. The molecule has 2 bridgehead atoms. The average molecular weight is 245 g/mol. The van der Waals surface area contributed by atoms with Crippen molar-refractivity contribution in [3.05, 3.63) is 24.4 Å². The van der Waals surface area contributed by atoms with E-state index in [0.29, 0.717) is 24.0 Å². The number of ether oxygens (including phenoxy) is 1. The Morgan fingerprint density at radius 3 is 3.00 bits per heavy atom. The van der Waals surface area contributed by atoms with E-state index in [4.69, 9.17) is 9.26 Å². The van der Waals surface area contributed by atoms with Gasteiger partial charge in [-0.05, 0) is 25.3 Å². The summed E-state index contributed by atoms with van der Waals surface area (Å²) in [6, 6.07) is 1.99. The molecule has 5 nitrogen and oxygen atoms in total. The summed E-state index contributed by atoms with van der Waals surface area (Å²) in [7, 11) is 1.98. The Morgan fingerprint density at radius 1 is 1.39 bits per heavy atom. The van der Waals surface area contributed by atoms with E-state index in [-0.39, 0.29) is 0 Å². The molecule has 0 saturated carbocycles. The molecule has 0 amide bonds. The number of hydrogen-bond donors (Lipinski definition) is 0. The molecular formula is C13H15N3O2. The fourth-order valence-corrected chi connectivity index (χ4v) is 3.04. The first-order valence-electron chi connectivity index (χ1n) is 6.41. The molecule has 2 saturated heterocycles. The first-order valence-corrected chi connectivity index (χ1v) is 6.41. The number of aryl methyl sites for hydroxylation is 1. The lowest BCUT2D eigenvalue weighted by molar-refractivity contribution is 0.0974. The van der Waals surface area contributed by atoms with Crippen LogP contribution in [-0.2, 0) is 11.8 Å². The maximum atomic E-state index is 5.83. The second-order valence-electron chi connectivity index (χ2n) is 5.24. The second-order valence-corrected chi connectivity index (χ2v) is 5.24. The van der Waals surface area contributed by atoms with Gasteiger partial charge in [0.15, 0.2) is 0 Å². The van der Waals surface area contributed by atoms with Crippen LogP contribution >= 0.6 is 0 Å². The molecule has 0 N–H and O–H groups in total. The van der Waals surface area contributed by atoms with Gasteiger partial charge in [-0.15, -0.1) is 0 Å². The standard InChI is InChI=1S/C13H15N3O2/c1-16-5-4-8(7-16)12-14-13(18-15-12)10-6-9-2-3-11(10)17-9/h4-5,7,9-11H,2-3,6H2,1H3. The number of rotatable bonds is 2. The summed E-state index contributed by atoms with van der Waals surface area (Å²) in [6.07, 6.45) is 8.00. The lowest BCUT2D eigenvalue weighted by Crippen LogP contribution is -2.14. The molecule has 2 fully saturated rings. The molecule has 0 spiro atoms. The molecule has 4 heterocycles.